The Kier molecular flexibility index (Phi) is 9.35. The van der Waals surface area contributed by atoms with Gasteiger partial charge in [-0.05, 0) is 73.3 Å². The first-order chi connectivity index (χ1) is 14.3. The summed E-state index contributed by atoms with van der Waals surface area (Å²) >= 11 is 0. The molecule has 1 aromatic rings. The molecule has 2 aliphatic rings. The zero-order valence-electron chi connectivity index (χ0n) is 19.3. The summed E-state index contributed by atoms with van der Waals surface area (Å²) in [5.74, 6) is 2.02. The van der Waals surface area contributed by atoms with Crippen LogP contribution < -0.4 is 0 Å². The lowest BCUT2D eigenvalue weighted by Gasteiger charge is -2.38. The van der Waals surface area contributed by atoms with E-state index in [1.54, 1.807) is 11.1 Å². The molecule has 0 bridgehead atoms. The van der Waals surface area contributed by atoms with Crippen LogP contribution >= 0.6 is 0 Å². The Morgan fingerprint density at radius 3 is 2.17 bits per heavy atom. The molecule has 0 N–H and O–H groups in total. The van der Waals surface area contributed by atoms with Crippen LogP contribution in [-0.2, 0) is 11.8 Å². The van der Waals surface area contributed by atoms with Gasteiger partial charge in [0.25, 0.3) is 0 Å². The highest BCUT2D eigenvalue weighted by atomic mass is 14.4. The highest BCUT2D eigenvalue weighted by molar-refractivity contribution is 5.30. The normalized spacial score (nSPS) is 24.3. The van der Waals surface area contributed by atoms with Gasteiger partial charge in [0.2, 0.25) is 0 Å². The van der Waals surface area contributed by atoms with Crippen molar-refractivity contribution in [1.29, 1.82) is 0 Å². The van der Waals surface area contributed by atoms with Gasteiger partial charge in [-0.2, -0.15) is 0 Å². The molecule has 3 rings (SSSR count). The molecule has 2 saturated carbocycles. The van der Waals surface area contributed by atoms with E-state index >= 15 is 0 Å². The van der Waals surface area contributed by atoms with E-state index in [9.17, 15) is 0 Å². The van der Waals surface area contributed by atoms with E-state index in [1.165, 1.54) is 109 Å². The molecule has 1 aromatic carbocycles. The van der Waals surface area contributed by atoms with Crippen LogP contribution in [0, 0.1) is 11.8 Å². The third kappa shape index (κ3) is 6.73. The Hall–Kier alpha value is -1.04. The van der Waals surface area contributed by atoms with Gasteiger partial charge >= 0.3 is 0 Å². The topological polar surface area (TPSA) is 0 Å². The SMILES string of the molecule is C=CCCCC1(c2ccc(CC[C@H]3CC[C@H](CCCC)CC3)cc2)CCCCC1. The smallest absolute Gasteiger partial charge is 0.00469 e. The largest absolute Gasteiger partial charge is 0.103 e. The van der Waals surface area contributed by atoms with Crippen molar-refractivity contribution in [2.75, 3.05) is 0 Å². The molecule has 0 heterocycles. The third-order valence-corrected chi connectivity index (χ3v) is 8.21. The molecule has 2 aliphatic carbocycles. The van der Waals surface area contributed by atoms with Gasteiger partial charge in [0.05, 0.1) is 0 Å². The van der Waals surface area contributed by atoms with E-state index in [-0.39, 0.29) is 0 Å². The number of allylic oxidation sites excluding steroid dienone is 1. The van der Waals surface area contributed by atoms with E-state index in [0.29, 0.717) is 5.41 Å². The Balaban J connectivity index is 1.49. The van der Waals surface area contributed by atoms with Gasteiger partial charge in [0.1, 0.15) is 0 Å². The Morgan fingerprint density at radius 1 is 0.897 bits per heavy atom. The zero-order valence-corrected chi connectivity index (χ0v) is 19.3. The summed E-state index contributed by atoms with van der Waals surface area (Å²) < 4.78 is 0. The molecule has 162 valence electrons. The van der Waals surface area contributed by atoms with Crippen LogP contribution in [-0.4, -0.2) is 0 Å². The van der Waals surface area contributed by atoms with E-state index < -0.39 is 0 Å². The minimum absolute atomic E-state index is 0.455. The van der Waals surface area contributed by atoms with E-state index in [0.717, 1.165) is 11.8 Å². The molecular formula is C29H46. The average molecular weight is 395 g/mol. The van der Waals surface area contributed by atoms with Crippen molar-refractivity contribution >= 4 is 0 Å². The molecule has 0 amide bonds. The van der Waals surface area contributed by atoms with Crippen molar-refractivity contribution in [1.82, 2.24) is 0 Å². The number of hydrogen-bond acceptors (Lipinski definition) is 0. The monoisotopic (exact) mass is 394 g/mol. The molecule has 0 saturated heterocycles. The minimum Gasteiger partial charge on any atom is -0.103 e. The molecule has 0 nitrogen and oxygen atoms in total. The molecule has 0 spiro atoms. The van der Waals surface area contributed by atoms with Crippen LogP contribution in [0.2, 0.25) is 0 Å². The Bertz CT molecular complexity index is 567. The van der Waals surface area contributed by atoms with Crippen LogP contribution in [0.25, 0.3) is 0 Å². The molecule has 0 heteroatoms. The van der Waals surface area contributed by atoms with Gasteiger partial charge in [0.15, 0.2) is 0 Å². The van der Waals surface area contributed by atoms with Crippen molar-refractivity contribution in [3.8, 4) is 0 Å². The van der Waals surface area contributed by atoms with Crippen LogP contribution in [0.4, 0.5) is 0 Å². The first kappa shape index (κ1) is 22.6. The van der Waals surface area contributed by atoms with Gasteiger partial charge in [-0.3, -0.25) is 0 Å². The Morgan fingerprint density at radius 2 is 1.55 bits per heavy atom. The van der Waals surface area contributed by atoms with E-state index in [1.807, 2.05) is 0 Å². The van der Waals surface area contributed by atoms with Crippen molar-refractivity contribution < 1.29 is 0 Å². The molecule has 0 unspecified atom stereocenters. The fraction of sp³-hybridized carbons (Fsp3) is 0.724. The fourth-order valence-corrected chi connectivity index (χ4v) is 6.19. The fourth-order valence-electron chi connectivity index (χ4n) is 6.19. The molecule has 2 fully saturated rings. The highest BCUT2D eigenvalue weighted by Gasteiger charge is 2.33. The summed E-state index contributed by atoms with van der Waals surface area (Å²) in [5, 5.41) is 0. The Labute approximate surface area is 181 Å². The van der Waals surface area contributed by atoms with Crippen molar-refractivity contribution in [2.45, 2.75) is 121 Å². The van der Waals surface area contributed by atoms with Crippen LogP contribution in [0.3, 0.4) is 0 Å². The standard InChI is InChI=1S/C29H46/c1-3-5-8-22-29(23-9-7-10-24-29)28-20-18-27(19-21-28)17-16-26-14-12-25(13-15-26)11-6-4-2/h3,18-21,25-26H,1,4-17,22-24H2,2H3/t25-,26-. The lowest BCUT2D eigenvalue weighted by molar-refractivity contribution is 0.250. The first-order valence-electron chi connectivity index (χ1n) is 13.0. The number of hydrogen-bond donors (Lipinski definition) is 0. The molecule has 29 heavy (non-hydrogen) atoms. The van der Waals surface area contributed by atoms with E-state index in [4.69, 9.17) is 0 Å². The van der Waals surface area contributed by atoms with Crippen LogP contribution in [0.5, 0.6) is 0 Å². The van der Waals surface area contributed by atoms with Gasteiger partial charge in [-0.15, -0.1) is 6.58 Å². The maximum atomic E-state index is 3.93. The summed E-state index contributed by atoms with van der Waals surface area (Å²) in [6.45, 7) is 6.25. The minimum atomic E-state index is 0.455. The number of rotatable bonds is 11. The first-order valence-corrected chi connectivity index (χ1v) is 13.0. The highest BCUT2D eigenvalue weighted by Crippen LogP contribution is 2.43. The maximum absolute atomic E-state index is 3.93. The number of aryl methyl sites for hydroxylation is 1. The molecule has 0 aromatic heterocycles. The summed E-state index contributed by atoms with van der Waals surface area (Å²) in [7, 11) is 0. The maximum Gasteiger partial charge on any atom is -0.00469 e. The van der Waals surface area contributed by atoms with E-state index in [2.05, 4.69) is 43.8 Å². The average Bonchev–Trinajstić information content (AvgIpc) is 2.78. The van der Waals surface area contributed by atoms with Crippen molar-refractivity contribution in [2.24, 2.45) is 11.8 Å². The predicted octanol–water partition coefficient (Wildman–Crippen LogP) is 9.17. The molecule has 0 aliphatic heterocycles. The number of unbranched alkanes of at least 4 members (excludes halogenated alkanes) is 2. The zero-order chi connectivity index (χ0) is 20.4. The third-order valence-electron chi connectivity index (χ3n) is 8.21. The quantitative estimate of drug-likeness (QED) is 0.259. The lowest BCUT2D eigenvalue weighted by atomic mass is 9.66. The second-order valence-electron chi connectivity index (χ2n) is 10.3. The summed E-state index contributed by atoms with van der Waals surface area (Å²) in [6, 6.07) is 9.92. The van der Waals surface area contributed by atoms with Gasteiger partial charge in [-0.25, -0.2) is 0 Å². The van der Waals surface area contributed by atoms with Crippen LogP contribution in [0.1, 0.15) is 121 Å². The molecule has 0 atom stereocenters. The van der Waals surface area contributed by atoms with Crippen LogP contribution in [0.15, 0.2) is 36.9 Å². The lowest BCUT2D eigenvalue weighted by Crippen LogP contribution is -2.29. The van der Waals surface area contributed by atoms with Crippen molar-refractivity contribution in [3.63, 3.8) is 0 Å². The van der Waals surface area contributed by atoms with Crippen molar-refractivity contribution in [3.05, 3.63) is 48.0 Å². The number of benzene rings is 1. The second-order valence-corrected chi connectivity index (χ2v) is 10.3. The predicted molar refractivity (Wildman–Crippen MR) is 129 cm³/mol. The van der Waals surface area contributed by atoms with Gasteiger partial charge in [-0.1, -0.05) is 101 Å². The second kappa shape index (κ2) is 12.0. The molecule has 0 radical (unpaired) electrons. The van der Waals surface area contributed by atoms with Gasteiger partial charge < -0.3 is 0 Å². The van der Waals surface area contributed by atoms with Gasteiger partial charge in [0, 0.05) is 0 Å². The summed E-state index contributed by atoms with van der Waals surface area (Å²) in [5.41, 5.74) is 3.65. The summed E-state index contributed by atoms with van der Waals surface area (Å²) in [6.07, 6.45) is 25.9. The summed E-state index contributed by atoms with van der Waals surface area (Å²) in [4.78, 5) is 0. The molecular weight excluding hydrogens is 348 g/mol.